The van der Waals surface area contributed by atoms with Crippen molar-refractivity contribution in [3.63, 3.8) is 0 Å². The Bertz CT molecular complexity index is 1180. The molecule has 2 aliphatic rings. The van der Waals surface area contributed by atoms with Gasteiger partial charge in [0.05, 0.1) is 16.8 Å². The maximum atomic E-state index is 12.6. The first-order valence-corrected chi connectivity index (χ1v) is 8.35. The number of nitrogens with zero attached hydrogens (tertiary/aromatic N) is 5. The number of aromatic amines is 1. The highest BCUT2D eigenvalue weighted by molar-refractivity contribution is 6.31. The molecule has 2 aromatic heterocycles. The number of halogens is 1. The zero-order valence-electron chi connectivity index (χ0n) is 14.9. The fraction of sp³-hybridized carbons (Fsp3) is 0.111. The standard InChI is InChI=1S/C18H12N6O4.ClH/c1-9-14(16(25)24(21-9)18-19-22-23-20-18)7-12-3-5-15(28-12)10-2-4-13-11(6-10)8-27-17(13)26;/h2-7H,8H2,1H3,(H,19,20,22,23);1H. The molecule has 0 fully saturated rings. The molecule has 0 spiro atoms. The lowest BCUT2D eigenvalue weighted by Gasteiger charge is -2.04. The summed E-state index contributed by atoms with van der Waals surface area (Å²) < 4.78 is 10.9. The second-order valence-electron chi connectivity index (χ2n) is 6.22. The van der Waals surface area contributed by atoms with Crippen LogP contribution in [0.5, 0.6) is 0 Å². The summed E-state index contributed by atoms with van der Waals surface area (Å²) in [7, 11) is 0. The van der Waals surface area contributed by atoms with E-state index in [0.717, 1.165) is 16.1 Å². The highest BCUT2D eigenvalue weighted by Crippen LogP contribution is 2.29. The maximum Gasteiger partial charge on any atom is 0.338 e. The van der Waals surface area contributed by atoms with Gasteiger partial charge in [0.2, 0.25) is 0 Å². The lowest BCUT2D eigenvalue weighted by Crippen LogP contribution is -2.22. The minimum atomic E-state index is -0.370. The number of furan rings is 1. The minimum absolute atomic E-state index is 0. The topological polar surface area (TPSA) is 127 Å². The number of tetrazole rings is 1. The lowest BCUT2D eigenvalue weighted by molar-refractivity contribution is -0.114. The number of hydrogen-bond donors (Lipinski definition) is 1. The quantitative estimate of drug-likeness (QED) is 0.516. The average Bonchev–Trinajstić information content (AvgIpc) is 3.47. The molecule has 5 rings (SSSR count). The van der Waals surface area contributed by atoms with Gasteiger partial charge in [-0.1, -0.05) is 11.2 Å². The second-order valence-corrected chi connectivity index (χ2v) is 6.22. The number of fused-ring (bicyclic) bond motifs is 1. The normalized spacial score (nSPS) is 16.7. The number of amides is 1. The molecule has 10 nitrogen and oxygen atoms in total. The number of carbonyl (C=O) groups excluding carboxylic acids is 2. The van der Waals surface area contributed by atoms with Crippen molar-refractivity contribution in [1.29, 1.82) is 0 Å². The molecule has 29 heavy (non-hydrogen) atoms. The van der Waals surface area contributed by atoms with E-state index < -0.39 is 0 Å². The zero-order chi connectivity index (χ0) is 19.3. The number of aromatic nitrogens is 4. The maximum absolute atomic E-state index is 12.6. The minimum Gasteiger partial charge on any atom is -0.457 e. The predicted octanol–water partition coefficient (Wildman–Crippen LogP) is 2.36. The van der Waals surface area contributed by atoms with E-state index in [-0.39, 0.29) is 36.8 Å². The van der Waals surface area contributed by atoms with Gasteiger partial charge < -0.3 is 9.15 Å². The summed E-state index contributed by atoms with van der Waals surface area (Å²) in [6, 6.07) is 8.94. The smallest absolute Gasteiger partial charge is 0.338 e. The van der Waals surface area contributed by atoms with Gasteiger partial charge in [0.25, 0.3) is 11.9 Å². The summed E-state index contributed by atoms with van der Waals surface area (Å²) in [5.41, 5.74) is 3.10. The molecule has 0 atom stereocenters. The number of anilines is 1. The third kappa shape index (κ3) is 3.09. The van der Waals surface area contributed by atoms with Crippen LogP contribution in [0.25, 0.3) is 17.4 Å². The summed E-state index contributed by atoms with van der Waals surface area (Å²) in [5, 5.41) is 18.5. The van der Waals surface area contributed by atoms with E-state index in [0.29, 0.717) is 28.4 Å². The Morgan fingerprint density at radius 1 is 1.21 bits per heavy atom. The molecule has 4 heterocycles. The molecule has 1 N–H and O–H groups in total. The van der Waals surface area contributed by atoms with Gasteiger partial charge in [-0.15, -0.1) is 17.5 Å². The molecule has 0 unspecified atom stereocenters. The molecule has 0 saturated carbocycles. The molecule has 146 valence electrons. The van der Waals surface area contributed by atoms with Crippen LogP contribution in [0.2, 0.25) is 0 Å². The third-order valence-electron chi connectivity index (χ3n) is 4.47. The Hall–Kier alpha value is -3.79. The van der Waals surface area contributed by atoms with Crippen LogP contribution in [-0.4, -0.2) is 38.2 Å². The lowest BCUT2D eigenvalue weighted by atomic mass is 10.0. The molecule has 1 aromatic carbocycles. The first-order chi connectivity index (χ1) is 13.6. The van der Waals surface area contributed by atoms with Crippen molar-refractivity contribution in [2.75, 3.05) is 5.01 Å². The van der Waals surface area contributed by atoms with Crippen molar-refractivity contribution in [1.82, 2.24) is 20.6 Å². The summed E-state index contributed by atoms with van der Waals surface area (Å²) in [6.45, 7) is 1.97. The number of cyclic esters (lactones) is 1. The van der Waals surface area contributed by atoms with Gasteiger partial charge in [0.15, 0.2) is 0 Å². The zero-order valence-corrected chi connectivity index (χ0v) is 15.8. The molecule has 0 radical (unpaired) electrons. The predicted molar refractivity (Wildman–Crippen MR) is 103 cm³/mol. The molecule has 11 heteroatoms. The number of esters is 1. The molecular weight excluding hydrogens is 400 g/mol. The molecular formula is C18H13ClN6O4. The van der Waals surface area contributed by atoms with Gasteiger partial charge in [-0.2, -0.15) is 15.3 Å². The van der Waals surface area contributed by atoms with Crippen LogP contribution in [0, 0.1) is 0 Å². The van der Waals surface area contributed by atoms with Crippen LogP contribution in [0.3, 0.4) is 0 Å². The fourth-order valence-electron chi connectivity index (χ4n) is 3.08. The second kappa shape index (κ2) is 6.99. The Kier molecular flexibility index (Phi) is 4.47. The fourth-order valence-corrected chi connectivity index (χ4v) is 3.08. The monoisotopic (exact) mass is 412 g/mol. The summed E-state index contributed by atoms with van der Waals surface area (Å²) in [5.74, 6) is 0.500. The number of H-pyrrole nitrogens is 1. The van der Waals surface area contributed by atoms with Gasteiger partial charge in [0, 0.05) is 11.1 Å². The Balaban J connectivity index is 0.00000205. The van der Waals surface area contributed by atoms with Crippen LogP contribution in [0.1, 0.15) is 28.6 Å². The van der Waals surface area contributed by atoms with Crippen molar-refractivity contribution in [3.05, 3.63) is 52.8 Å². The highest BCUT2D eigenvalue weighted by atomic mass is 35.5. The van der Waals surface area contributed by atoms with E-state index in [4.69, 9.17) is 9.15 Å². The van der Waals surface area contributed by atoms with Crippen molar-refractivity contribution in [2.45, 2.75) is 13.5 Å². The third-order valence-corrected chi connectivity index (χ3v) is 4.47. The van der Waals surface area contributed by atoms with E-state index in [9.17, 15) is 9.59 Å². The number of carbonyl (C=O) groups is 2. The van der Waals surface area contributed by atoms with Gasteiger partial charge in [-0.25, -0.2) is 4.79 Å². The largest absolute Gasteiger partial charge is 0.457 e. The van der Waals surface area contributed by atoms with E-state index in [2.05, 4.69) is 25.7 Å². The van der Waals surface area contributed by atoms with E-state index in [1.807, 2.05) is 6.07 Å². The molecule has 0 bridgehead atoms. The summed E-state index contributed by atoms with van der Waals surface area (Å²) in [6.07, 6.45) is 1.62. The van der Waals surface area contributed by atoms with Crippen molar-refractivity contribution < 1.29 is 18.7 Å². The average molecular weight is 413 g/mol. The van der Waals surface area contributed by atoms with Crippen molar-refractivity contribution in [3.8, 4) is 11.3 Å². The van der Waals surface area contributed by atoms with Crippen LogP contribution < -0.4 is 5.01 Å². The van der Waals surface area contributed by atoms with E-state index in [1.54, 1.807) is 37.3 Å². The van der Waals surface area contributed by atoms with Crippen LogP contribution in [-0.2, 0) is 16.1 Å². The van der Waals surface area contributed by atoms with Gasteiger partial charge in [0.1, 0.15) is 18.1 Å². The first-order valence-electron chi connectivity index (χ1n) is 8.35. The van der Waals surface area contributed by atoms with Crippen molar-refractivity contribution in [2.24, 2.45) is 5.10 Å². The van der Waals surface area contributed by atoms with E-state index >= 15 is 0 Å². The Morgan fingerprint density at radius 3 is 2.86 bits per heavy atom. The number of hydrogen-bond acceptors (Lipinski definition) is 8. The Morgan fingerprint density at radius 2 is 2.07 bits per heavy atom. The number of nitrogens with one attached hydrogen (secondary N) is 1. The molecule has 2 aliphatic heterocycles. The molecule has 0 saturated heterocycles. The Labute approximate surface area is 169 Å². The number of hydrazone groups is 1. The number of rotatable bonds is 3. The van der Waals surface area contributed by atoms with Gasteiger partial charge >= 0.3 is 5.97 Å². The molecule has 3 aromatic rings. The summed E-state index contributed by atoms with van der Waals surface area (Å²) in [4.78, 5) is 24.2. The number of benzene rings is 1. The molecule has 0 aliphatic carbocycles. The van der Waals surface area contributed by atoms with Crippen LogP contribution >= 0.6 is 12.4 Å². The van der Waals surface area contributed by atoms with Gasteiger partial charge in [-0.3, -0.25) is 4.79 Å². The van der Waals surface area contributed by atoms with Crippen LogP contribution in [0.4, 0.5) is 5.95 Å². The first kappa shape index (κ1) is 18.6. The summed E-state index contributed by atoms with van der Waals surface area (Å²) >= 11 is 0. The van der Waals surface area contributed by atoms with Crippen LogP contribution in [0.15, 0.2) is 45.4 Å². The molecule has 1 amide bonds. The van der Waals surface area contributed by atoms with Gasteiger partial charge in [-0.05, 0) is 42.5 Å². The highest BCUT2D eigenvalue weighted by Gasteiger charge is 2.31. The SMILES string of the molecule is CC1=NN(c2nn[nH]n2)C(=O)C1=Cc1ccc(-c2ccc3c(c2)COC3=O)o1.Cl. The van der Waals surface area contributed by atoms with E-state index in [1.165, 1.54) is 0 Å². The number of ether oxygens (including phenoxy) is 1. The van der Waals surface area contributed by atoms with Crippen molar-refractivity contribution >= 4 is 42.0 Å².